The second-order valence-corrected chi connectivity index (χ2v) is 4.70. The summed E-state index contributed by atoms with van der Waals surface area (Å²) in [4.78, 5) is 13.9. The van der Waals surface area contributed by atoms with E-state index >= 15 is 0 Å². The fourth-order valence-electron chi connectivity index (χ4n) is 2.11. The summed E-state index contributed by atoms with van der Waals surface area (Å²) >= 11 is 0. The zero-order chi connectivity index (χ0) is 15.8. The van der Waals surface area contributed by atoms with Crippen LogP contribution >= 0.6 is 0 Å². The van der Waals surface area contributed by atoms with E-state index < -0.39 is 0 Å². The lowest BCUT2D eigenvalue weighted by Gasteiger charge is -2.20. The van der Waals surface area contributed by atoms with Crippen molar-refractivity contribution in [3.8, 4) is 5.69 Å². The zero-order valence-electron chi connectivity index (χ0n) is 12.5. The van der Waals surface area contributed by atoms with Gasteiger partial charge in [-0.1, -0.05) is 24.3 Å². The highest BCUT2D eigenvalue weighted by molar-refractivity contribution is 5.82. The minimum absolute atomic E-state index is 0.00457. The molecule has 0 bridgehead atoms. The van der Waals surface area contributed by atoms with E-state index in [1.807, 2.05) is 36.5 Å². The lowest BCUT2D eigenvalue weighted by molar-refractivity contribution is -0.128. The van der Waals surface area contributed by atoms with E-state index in [2.05, 4.69) is 23.6 Å². The highest BCUT2D eigenvalue weighted by Crippen LogP contribution is 2.18. The van der Waals surface area contributed by atoms with Crippen molar-refractivity contribution in [1.29, 1.82) is 0 Å². The van der Waals surface area contributed by atoms with Gasteiger partial charge in [0.15, 0.2) is 0 Å². The van der Waals surface area contributed by atoms with E-state index in [9.17, 15) is 4.79 Å². The summed E-state index contributed by atoms with van der Waals surface area (Å²) in [5, 5.41) is 7.40. The van der Waals surface area contributed by atoms with Gasteiger partial charge in [-0.15, -0.1) is 13.2 Å². The van der Waals surface area contributed by atoms with Crippen LogP contribution < -0.4 is 5.32 Å². The normalized spacial score (nSPS) is 10.0. The first kappa shape index (κ1) is 15.6. The Morgan fingerprint density at radius 3 is 2.59 bits per heavy atom. The Labute approximate surface area is 130 Å². The first-order valence-electron chi connectivity index (χ1n) is 7.08. The van der Waals surface area contributed by atoms with Gasteiger partial charge in [0.05, 0.1) is 17.9 Å². The average Bonchev–Trinajstić information content (AvgIpc) is 3.07. The Morgan fingerprint density at radius 1 is 1.23 bits per heavy atom. The average molecular weight is 296 g/mol. The summed E-state index contributed by atoms with van der Waals surface area (Å²) in [6, 6.07) is 9.59. The molecule has 0 aliphatic rings. The van der Waals surface area contributed by atoms with Crippen molar-refractivity contribution in [2.24, 2.45) is 0 Å². The number of carbonyl (C=O) groups excluding carboxylic acids is 1. The molecule has 0 aliphatic heterocycles. The van der Waals surface area contributed by atoms with E-state index in [1.165, 1.54) is 0 Å². The van der Waals surface area contributed by atoms with Gasteiger partial charge in [0, 0.05) is 25.5 Å². The first-order chi connectivity index (χ1) is 10.8. The van der Waals surface area contributed by atoms with Crippen LogP contribution in [0.4, 0.5) is 5.69 Å². The van der Waals surface area contributed by atoms with E-state index in [0.29, 0.717) is 13.1 Å². The third-order valence-corrected chi connectivity index (χ3v) is 3.14. The summed E-state index contributed by atoms with van der Waals surface area (Å²) in [5.74, 6) is -0.00457. The lowest BCUT2D eigenvalue weighted by Crippen LogP contribution is -2.35. The molecule has 0 spiro atoms. The molecule has 114 valence electrons. The molecule has 1 heterocycles. The summed E-state index contributed by atoms with van der Waals surface area (Å²) in [5.41, 5.74) is 1.76. The van der Waals surface area contributed by atoms with Crippen molar-refractivity contribution >= 4 is 11.6 Å². The number of aromatic nitrogens is 2. The van der Waals surface area contributed by atoms with Gasteiger partial charge >= 0.3 is 0 Å². The van der Waals surface area contributed by atoms with Gasteiger partial charge in [0.2, 0.25) is 5.91 Å². The predicted molar refractivity (Wildman–Crippen MR) is 89.0 cm³/mol. The van der Waals surface area contributed by atoms with E-state index in [0.717, 1.165) is 11.4 Å². The number of nitrogens with one attached hydrogen (secondary N) is 1. The van der Waals surface area contributed by atoms with Crippen LogP contribution in [0, 0.1) is 0 Å². The summed E-state index contributed by atoms with van der Waals surface area (Å²) in [6.45, 7) is 8.57. The molecule has 0 unspecified atom stereocenters. The minimum atomic E-state index is -0.00457. The molecule has 1 aromatic heterocycles. The molecule has 0 aliphatic carbocycles. The molecule has 5 heteroatoms. The number of hydrogen-bond acceptors (Lipinski definition) is 3. The molecular weight excluding hydrogens is 276 g/mol. The second kappa shape index (κ2) is 7.83. The molecule has 0 radical (unpaired) electrons. The Bertz CT molecular complexity index is 624. The maximum Gasteiger partial charge on any atom is 0.242 e. The van der Waals surface area contributed by atoms with Gasteiger partial charge in [0.25, 0.3) is 0 Å². The maximum absolute atomic E-state index is 12.2. The molecule has 1 amide bonds. The van der Waals surface area contributed by atoms with E-state index in [-0.39, 0.29) is 12.5 Å². The zero-order valence-corrected chi connectivity index (χ0v) is 12.5. The number of carbonyl (C=O) groups is 1. The topological polar surface area (TPSA) is 50.2 Å². The fraction of sp³-hybridized carbons (Fsp3) is 0.176. The number of nitrogens with zero attached hydrogens (tertiary/aromatic N) is 3. The van der Waals surface area contributed by atoms with Gasteiger partial charge in [-0.05, 0) is 18.2 Å². The monoisotopic (exact) mass is 296 g/mol. The predicted octanol–water partition coefficient (Wildman–Crippen LogP) is 2.48. The lowest BCUT2D eigenvalue weighted by atomic mass is 10.2. The van der Waals surface area contributed by atoms with Crippen molar-refractivity contribution in [2.45, 2.75) is 0 Å². The van der Waals surface area contributed by atoms with Crippen LogP contribution in [0.2, 0.25) is 0 Å². The van der Waals surface area contributed by atoms with Gasteiger partial charge in [0.1, 0.15) is 0 Å². The molecule has 1 aromatic carbocycles. The fourth-order valence-corrected chi connectivity index (χ4v) is 2.11. The molecule has 0 fully saturated rings. The second-order valence-electron chi connectivity index (χ2n) is 4.70. The van der Waals surface area contributed by atoms with Crippen LogP contribution in [0.15, 0.2) is 68.0 Å². The van der Waals surface area contributed by atoms with Gasteiger partial charge in [-0.3, -0.25) is 4.79 Å². The molecule has 2 aromatic rings. The molecule has 22 heavy (non-hydrogen) atoms. The molecule has 0 saturated heterocycles. The van der Waals surface area contributed by atoms with Crippen molar-refractivity contribution in [2.75, 3.05) is 25.0 Å². The van der Waals surface area contributed by atoms with Crippen LogP contribution in [0.5, 0.6) is 0 Å². The quantitative estimate of drug-likeness (QED) is 0.761. The number of anilines is 1. The van der Waals surface area contributed by atoms with Gasteiger partial charge in [-0.25, -0.2) is 4.68 Å². The number of amides is 1. The highest BCUT2D eigenvalue weighted by Gasteiger charge is 2.11. The Kier molecular flexibility index (Phi) is 5.54. The third-order valence-electron chi connectivity index (χ3n) is 3.14. The SMILES string of the molecule is C=CCN(CC=C)C(=O)CNc1ccccc1-n1cccn1. The smallest absolute Gasteiger partial charge is 0.242 e. The van der Waals surface area contributed by atoms with Crippen LogP contribution in [0.1, 0.15) is 0 Å². The van der Waals surface area contributed by atoms with Crippen molar-refractivity contribution in [3.05, 3.63) is 68.0 Å². The number of hydrogen-bond donors (Lipinski definition) is 1. The summed E-state index contributed by atoms with van der Waals surface area (Å²) < 4.78 is 1.76. The standard InChI is InChI=1S/C17H20N4O/c1-3-11-20(12-4-2)17(22)14-18-15-8-5-6-9-16(15)21-13-7-10-19-21/h3-10,13,18H,1-2,11-12,14H2. The van der Waals surface area contributed by atoms with Crippen LogP contribution in [-0.4, -0.2) is 40.2 Å². The van der Waals surface area contributed by atoms with Gasteiger partial charge < -0.3 is 10.2 Å². The highest BCUT2D eigenvalue weighted by atomic mass is 16.2. The van der Waals surface area contributed by atoms with Crippen LogP contribution in [0.3, 0.4) is 0 Å². The first-order valence-corrected chi connectivity index (χ1v) is 7.08. The molecule has 5 nitrogen and oxygen atoms in total. The maximum atomic E-state index is 12.2. The minimum Gasteiger partial charge on any atom is -0.374 e. The Hall–Kier alpha value is -2.82. The number of rotatable bonds is 8. The van der Waals surface area contributed by atoms with Crippen LogP contribution in [0.25, 0.3) is 5.69 Å². The molecular formula is C17H20N4O. The Morgan fingerprint density at radius 2 is 1.95 bits per heavy atom. The molecule has 0 saturated carbocycles. The third kappa shape index (κ3) is 3.85. The number of benzene rings is 1. The van der Waals surface area contributed by atoms with Crippen molar-refractivity contribution < 1.29 is 4.79 Å². The van der Waals surface area contributed by atoms with Crippen molar-refractivity contribution in [3.63, 3.8) is 0 Å². The molecule has 1 N–H and O–H groups in total. The summed E-state index contributed by atoms with van der Waals surface area (Å²) in [7, 11) is 0. The number of para-hydroxylation sites is 2. The Balaban J connectivity index is 2.07. The van der Waals surface area contributed by atoms with Gasteiger partial charge in [-0.2, -0.15) is 5.10 Å². The van der Waals surface area contributed by atoms with E-state index in [1.54, 1.807) is 27.9 Å². The summed E-state index contributed by atoms with van der Waals surface area (Å²) in [6.07, 6.45) is 7.00. The van der Waals surface area contributed by atoms with Crippen molar-refractivity contribution in [1.82, 2.24) is 14.7 Å². The molecule has 0 atom stereocenters. The largest absolute Gasteiger partial charge is 0.374 e. The molecule has 2 rings (SSSR count). The van der Waals surface area contributed by atoms with E-state index in [4.69, 9.17) is 0 Å². The van der Waals surface area contributed by atoms with Crippen LogP contribution in [-0.2, 0) is 4.79 Å².